The van der Waals surface area contributed by atoms with Crippen molar-refractivity contribution >= 4 is 16.9 Å². The number of hydrogen-bond donors (Lipinski definition) is 2. The number of para-hydroxylation sites is 1. The number of rotatable bonds is 6. The number of H-pyrrole nitrogens is 1. The van der Waals surface area contributed by atoms with Gasteiger partial charge in [-0.15, -0.1) is 0 Å². The van der Waals surface area contributed by atoms with Crippen LogP contribution in [0, 0.1) is 6.92 Å². The molecule has 0 saturated heterocycles. The van der Waals surface area contributed by atoms with E-state index >= 15 is 0 Å². The summed E-state index contributed by atoms with van der Waals surface area (Å²) in [7, 11) is 0. The zero-order chi connectivity index (χ0) is 16.3. The average molecular weight is 303 g/mol. The second-order valence-corrected chi connectivity index (χ2v) is 6.14. The van der Waals surface area contributed by atoms with Gasteiger partial charge in [-0.3, -0.25) is 4.79 Å². The molecule has 1 amide bonds. The molecule has 0 aliphatic rings. The highest BCUT2D eigenvalue weighted by molar-refractivity contribution is 5.79. The molecule has 1 aromatic heterocycles. The molecule has 0 aliphatic carbocycles. The monoisotopic (exact) mass is 303 g/mol. The lowest BCUT2D eigenvalue weighted by Crippen LogP contribution is -2.41. The topological polar surface area (TPSA) is 69.2 Å². The van der Waals surface area contributed by atoms with E-state index in [9.17, 15) is 9.90 Å². The number of aryl methyl sites for hydroxylation is 2. The molecule has 5 nitrogen and oxygen atoms in total. The molecular formula is C17H25N3O2. The molecule has 1 unspecified atom stereocenters. The van der Waals surface area contributed by atoms with Crippen molar-refractivity contribution < 1.29 is 9.90 Å². The van der Waals surface area contributed by atoms with Crippen LogP contribution in [0.2, 0.25) is 0 Å². The van der Waals surface area contributed by atoms with Gasteiger partial charge in [0.25, 0.3) is 0 Å². The van der Waals surface area contributed by atoms with Crippen LogP contribution in [0.1, 0.15) is 38.6 Å². The van der Waals surface area contributed by atoms with E-state index in [4.69, 9.17) is 0 Å². The number of hydrogen-bond acceptors (Lipinski definition) is 3. The van der Waals surface area contributed by atoms with Crippen LogP contribution < -0.4 is 0 Å². The van der Waals surface area contributed by atoms with Crippen LogP contribution >= 0.6 is 0 Å². The molecule has 0 radical (unpaired) electrons. The molecule has 120 valence electrons. The van der Waals surface area contributed by atoms with Gasteiger partial charge in [-0.2, -0.15) is 0 Å². The number of aromatic amines is 1. The first kappa shape index (κ1) is 16.5. The first-order chi connectivity index (χ1) is 10.4. The summed E-state index contributed by atoms with van der Waals surface area (Å²) in [6.07, 6.45) is 0.458. The standard InChI is InChI=1S/C17H25N3O2/c1-11(2)20(10-13(4)21)16(22)9-8-15-18-14-7-5-6-12(3)17(14)19-15/h5-7,11,13,21H,8-10H2,1-4H3,(H,18,19). The minimum Gasteiger partial charge on any atom is -0.392 e. The van der Waals surface area contributed by atoms with Crippen LogP contribution in [-0.4, -0.2) is 44.6 Å². The normalized spacial score (nSPS) is 12.8. The quantitative estimate of drug-likeness (QED) is 0.861. The Bertz CT molecular complexity index is 646. The van der Waals surface area contributed by atoms with Crippen molar-refractivity contribution in [2.75, 3.05) is 6.54 Å². The minimum absolute atomic E-state index is 0.0491. The molecule has 5 heteroatoms. The van der Waals surface area contributed by atoms with Gasteiger partial charge in [0.2, 0.25) is 5.91 Å². The predicted octanol–water partition coefficient (Wildman–Crippen LogP) is 2.42. The minimum atomic E-state index is -0.514. The highest BCUT2D eigenvalue weighted by Crippen LogP contribution is 2.16. The van der Waals surface area contributed by atoms with Gasteiger partial charge in [0.15, 0.2) is 0 Å². The van der Waals surface area contributed by atoms with Gasteiger partial charge >= 0.3 is 0 Å². The lowest BCUT2D eigenvalue weighted by molar-refractivity contribution is -0.134. The summed E-state index contributed by atoms with van der Waals surface area (Å²) in [6.45, 7) is 8.03. The number of carbonyl (C=O) groups is 1. The van der Waals surface area contributed by atoms with Crippen molar-refractivity contribution in [2.45, 2.75) is 52.7 Å². The van der Waals surface area contributed by atoms with Crippen LogP contribution in [0.3, 0.4) is 0 Å². The maximum atomic E-state index is 12.3. The Balaban J connectivity index is 2.03. The Kier molecular flexibility index (Phi) is 5.19. The van der Waals surface area contributed by atoms with Crippen molar-refractivity contribution in [1.82, 2.24) is 14.9 Å². The molecule has 22 heavy (non-hydrogen) atoms. The average Bonchev–Trinajstić information content (AvgIpc) is 2.86. The highest BCUT2D eigenvalue weighted by Gasteiger charge is 2.19. The number of aromatic nitrogens is 2. The van der Waals surface area contributed by atoms with E-state index in [0.717, 1.165) is 22.4 Å². The van der Waals surface area contributed by atoms with Crippen LogP contribution in [0.4, 0.5) is 0 Å². The molecule has 0 aliphatic heterocycles. The third-order valence-corrected chi connectivity index (χ3v) is 3.74. The van der Waals surface area contributed by atoms with Crippen molar-refractivity contribution in [3.8, 4) is 0 Å². The molecule has 0 fully saturated rings. The second kappa shape index (κ2) is 6.92. The second-order valence-electron chi connectivity index (χ2n) is 6.14. The van der Waals surface area contributed by atoms with E-state index in [2.05, 4.69) is 9.97 Å². The van der Waals surface area contributed by atoms with Gasteiger partial charge in [-0.25, -0.2) is 4.98 Å². The molecule has 1 atom stereocenters. The number of nitrogens with zero attached hydrogens (tertiary/aromatic N) is 2. The number of benzene rings is 1. The van der Waals surface area contributed by atoms with Crippen LogP contribution in [0.5, 0.6) is 0 Å². The fourth-order valence-electron chi connectivity index (χ4n) is 2.60. The number of imidazole rings is 1. The molecule has 2 N–H and O–H groups in total. The fourth-order valence-corrected chi connectivity index (χ4v) is 2.60. The smallest absolute Gasteiger partial charge is 0.223 e. The van der Waals surface area contributed by atoms with Crippen molar-refractivity contribution in [3.05, 3.63) is 29.6 Å². The van der Waals surface area contributed by atoms with Crippen LogP contribution in [0.25, 0.3) is 11.0 Å². The van der Waals surface area contributed by atoms with Gasteiger partial charge < -0.3 is 15.0 Å². The Morgan fingerprint density at radius 2 is 2.09 bits per heavy atom. The molecular weight excluding hydrogens is 278 g/mol. The van der Waals surface area contributed by atoms with Gasteiger partial charge in [-0.1, -0.05) is 12.1 Å². The number of carbonyl (C=O) groups excluding carboxylic acids is 1. The molecule has 1 aromatic carbocycles. The SMILES string of the molecule is Cc1cccc2[nH]c(CCC(=O)N(CC(C)O)C(C)C)nc12. The molecule has 0 bridgehead atoms. The Hall–Kier alpha value is -1.88. The predicted molar refractivity (Wildman–Crippen MR) is 87.7 cm³/mol. The van der Waals surface area contributed by atoms with E-state index in [1.165, 1.54) is 0 Å². The third kappa shape index (κ3) is 3.85. The summed E-state index contributed by atoms with van der Waals surface area (Å²) >= 11 is 0. The Labute approximate surface area is 131 Å². The van der Waals surface area contributed by atoms with E-state index in [1.54, 1.807) is 11.8 Å². The molecule has 2 aromatic rings. The number of aliphatic hydroxyl groups excluding tert-OH is 1. The Morgan fingerprint density at radius 3 is 2.68 bits per heavy atom. The van der Waals surface area contributed by atoms with Gasteiger partial charge in [-0.05, 0) is 39.3 Å². The summed E-state index contributed by atoms with van der Waals surface area (Å²) < 4.78 is 0. The van der Waals surface area contributed by atoms with Crippen molar-refractivity contribution in [1.29, 1.82) is 0 Å². The summed E-state index contributed by atoms with van der Waals surface area (Å²) in [4.78, 5) is 21.9. The van der Waals surface area contributed by atoms with E-state index in [1.807, 2.05) is 39.0 Å². The van der Waals surface area contributed by atoms with Gasteiger partial charge in [0.1, 0.15) is 5.82 Å². The largest absolute Gasteiger partial charge is 0.392 e. The van der Waals surface area contributed by atoms with E-state index in [-0.39, 0.29) is 11.9 Å². The van der Waals surface area contributed by atoms with E-state index < -0.39 is 6.10 Å². The number of fused-ring (bicyclic) bond motifs is 1. The number of nitrogens with one attached hydrogen (secondary N) is 1. The fraction of sp³-hybridized carbons (Fsp3) is 0.529. The first-order valence-corrected chi connectivity index (χ1v) is 7.80. The van der Waals surface area contributed by atoms with Crippen LogP contribution in [0.15, 0.2) is 18.2 Å². The number of amides is 1. The number of aliphatic hydroxyl groups is 1. The molecule has 0 saturated carbocycles. The lowest BCUT2D eigenvalue weighted by atomic mass is 10.2. The van der Waals surface area contributed by atoms with Gasteiger partial charge in [0.05, 0.1) is 17.1 Å². The molecule has 1 heterocycles. The lowest BCUT2D eigenvalue weighted by Gasteiger charge is -2.28. The highest BCUT2D eigenvalue weighted by atomic mass is 16.3. The zero-order valence-electron chi connectivity index (χ0n) is 13.8. The molecule has 0 spiro atoms. The Morgan fingerprint density at radius 1 is 1.36 bits per heavy atom. The molecule has 2 rings (SSSR count). The first-order valence-electron chi connectivity index (χ1n) is 7.80. The van der Waals surface area contributed by atoms with Crippen LogP contribution in [-0.2, 0) is 11.2 Å². The summed E-state index contributed by atoms with van der Waals surface area (Å²) in [5, 5.41) is 9.52. The van der Waals surface area contributed by atoms with Gasteiger partial charge in [0, 0.05) is 25.4 Å². The maximum absolute atomic E-state index is 12.3. The third-order valence-electron chi connectivity index (χ3n) is 3.74. The van der Waals surface area contributed by atoms with E-state index in [0.29, 0.717) is 19.4 Å². The summed E-state index contributed by atoms with van der Waals surface area (Å²) in [5.41, 5.74) is 3.10. The zero-order valence-corrected chi connectivity index (χ0v) is 13.8. The van der Waals surface area contributed by atoms with Crippen molar-refractivity contribution in [2.24, 2.45) is 0 Å². The summed E-state index contributed by atoms with van der Waals surface area (Å²) in [6, 6.07) is 6.10. The maximum Gasteiger partial charge on any atom is 0.223 e. The van der Waals surface area contributed by atoms with Crippen molar-refractivity contribution in [3.63, 3.8) is 0 Å². The summed E-state index contributed by atoms with van der Waals surface area (Å²) in [5.74, 6) is 0.881.